The maximum absolute atomic E-state index is 12.7. The summed E-state index contributed by atoms with van der Waals surface area (Å²) in [6.45, 7) is 2.22. The van der Waals surface area contributed by atoms with Gasteiger partial charge < -0.3 is 10.2 Å². The molecule has 2 aliphatic rings. The summed E-state index contributed by atoms with van der Waals surface area (Å²) in [6.07, 6.45) is 3.09. The molecule has 0 atom stereocenters. The van der Waals surface area contributed by atoms with E-state index in [4.69, 9.17) is 0 Å². The Labute approximate surface area is 168 Å². The molecule has 5 rings (SSSR count). The van der Waals surface area contributed by atoms with Gasteiger partial charge in [0.2, 0.25) is 5.91 Å². The van der Waals surface area contributed by atoms with Gasteiger partial charge in [-0.25, -0.2) is 4.98 Å². The normalized spacial score (nSPS) is 15.3. The number of aromatic amines is 1. The zero-order chi connectivity index (χ0) is 20.0. The molecular weight excluding hydrogens is 366 g/mol. The molecule has 0 unspecified atom stereocenters. The minimum Gasteiger partial charge on any atom is -0.322 e. The first-order valence-corrected chi connectivity index (χ1v) is 9.83. The van der Waals surface area contributed by atoms with Crippen LogP contribution < -0.4 is 10.2 Å². The SMILES string of the molecule is CC(=O)N1CCc2cc(C(=O)Nc3cccc(-c4n[nH]c(C5CC5)n4)c3)ccc21. The van der Waals surface area contributed by atoms with Crippen molar-refractivity contribution in [2.75, 3.05) is 16.8 Å². The first kappa shape index (κ1) is 17.6. The Kier molecular flexibility index (Phi) is 4.16. The predicted molar refractivity (Wildman–Crippen MR) is 110 cm³/mol. The van der Waals surface area contributed by atoms with Crippen molar-refractivity contribution in [3.63, 3.8) is 0 Å². The molecule has 29 heavy (non-hydrogen) atoms. The van der Waals surface area contributed by atoms with E-state index in [9.17, 15) is 9.59 Å². The van der Waals surface area contributed by atoms with Crippen molar-refractivity contribution in [2.24, 2.45) is 0 Å². The Hall–Kier alpha value is -3.48. The van der Waals surface area contributed by atoms with Crippen molar-refractivity contribution in [3.05, 3.63) is 59.4 Å². The number of hydrogen-bond donors (Lipinski definition) is 2. The number of amides is 2. The van der Waals surface area contributed by atoms with Gasteiger partial charge in [0.25, 0.3) is 5.91 Å². The topological polar surface area (TPSA) is 91.0 Å². The van der Waals surface area contributed by atoms with Gasteiger partial charge in [0.1, 0.15) is 5.82 Å². The second-order valence-corrected chi connectivity index (χ2v) is 7.62. The van der Waals surface area contributed by atoms with Crippen molar-refractivity contribution in [1.82, 2.24) is 15.2 Å². The van der Waals surface area contributed by atoms with Gasteiger partial charge in [0.15, 0.2) is 5.82 Å². The highest BCUT2D eigenvalue weighted by molar-refractivity contribution is 6.05. The van der Waals surface area contributed by atoms with Gasteiger partial charge in [0, 0.05) is 41.9 Å². The van der Waals surface area contributed by atoms with E-state index in [0.717, 1.165) is 41.9 Å². The van der Waals surface area contributed by atoms with Crippen molar-refractivity contribution < 1.29 is 9.59 Å². The maximum atomic E-state index is 12.7. The molecule has 1 fully saturated rings. The molecule has 2 amide bonds. The lowest BCUT2D eigenvalue weighted by Gasteiger charge is -2.14. The van der Waals surface area contributed by atoms with E-state index in [1.165, 1.54) is 0 Å². The zero-order valence-corrected chi connectivity index (χ0v) is 16.1. The molecule has 7 heteroatoms. The Bertz CT molecular complexity index is 1120. The molecule has 0 spiro atoms. The van der Waals surface area contributed by atoms with Gasteiger partial charge >= 0.3 is 0 Å². The monoisotopic (exact) mass is 387 g/mol. The lowest BCUT2D eigenvalue weighted by molar-refractivity contribution is -0.116. The van der Waals surface area contributed by atoms with Gasteiger partial charge in [-0.15, -0.1) is 0 Å². The van der Waals surface area contributed by atoms with Gasteiger partial charge in [-0.3, -0.25) is 14.7 Å². The quantitative estimate of drug-likeness (QED) is 0.717. The third-order valence-corrected chi connectivity index (χ3v) is 5.46. The number of nitrogens with one attached hydrogen (secondary N) is 2. The van der Waals surface area contributed by atoms with E-state index in [2.05, 4.69) is 20.5 Å². The van der Waals surface area contributed by atoms with Gasteiger partial charge in [0.05, 0.1) is 0 Å². The summed E-state index contributed by atoms with van der Waals surface area (Å²) in [5.74, 6) is 1.93. The number of nitrogens with zero attached hydrogens (tertiary/aromatic N) is 3. The minimum absolute atomic E-state index is 0.0228. The molecular formula is C22H21N5O2. The highest BCUT2D eigenvalue weighted by Crippen LogP contribution is 2.38. The summed E-state index contributed by atoms with van der Waals surface area (Å²) in [6, 6.07) is 13.0. The fourth-order valence-corrected chi connectivity index (χ4v) is 3.75. The number of H-pyrrole nitrogens is 1. The Balaban J connectivity index is 1.34. The summed E-state index contributed by atoms with van der Waals surface area (Å²) in [4.78, 5) is 30.8. The number of rotatable bonds is 4. The van der Waals surface area contributed by atoms with E-state index in [-0.39, 0.29) is 11.8 Å². The molecule has 0 radical (unpaired) electrons. The van der Waals surface area contributed by atoms with E-state index >= 15 is 0 Å². The molecule has 1 aromatic heterocycles. The Morgan fingerprint density at radius 2 is 2.03 bits per heavy atom. The molecule has 2 heterocycles. The van der Waals surface area contributed by atoms with Crippen molar-refractivity contribution >= 4 is 23.2 Å². The van der Waals surface area contributed by atoms with E-state index in [0.29, 0.717) is 29.5 Å². The van der Waals surface area contributed by atoms with Crippen LogP contribution in [0, 0.1) is 0 Å². The fraction of sp³-hybridized carbons (Fsp3) is 0.273. The summed E-state index contributed by atoms with van der Waals surface area (Å²) < 4.78 is 0. The molecule has 1 aliphatic heterocycles. The van der Waals surface area contributed by atoms with E-state index < -0.39 is 0 Å². The van der Waals surface area contributed by atoms with Crippen molar-refractivity contribution in [1.29, 1.82) is 0 Å². The Morgan fingerprint density at radius 1 is 1.17 bits per heavy atom. The van der Waals surface area contributed by atoms with Crippen LogP contribution in [0.4, 0.5) is 11.4 Å². The van der Waals surface area contributed by atoms with Crippen LogP contribution in [0.5, 0.6) is 0 Å². The lowest BCUT2D eigenvalue weighted by atomic mass is 10.1. The standard InChI is InChI=1S/C22H21N5O2/c1-13(28)27-10-9-15-11-17(7-8-19(15)27)22(29)23-18-4-2-3-16(12-18)21-24-20(25-26-21)14-5-6-14/h2-4,7-8,11-12,14H,5-6,9-10H2,1H3,(H,23,29)(H,24,25,26). The average molecular weight is 387 g/mol. The Morgan fingerprint density at radius 3 is 2.83 bits per heavy atom. The molecule has 7 nitrogen and oxygen atoms in total. The fourth-order valence-electron chi connectivity index (χ4n) is 3.75. The van der Waals surface area contributed by atoms with Crippen molar-refractivity contribution in [2.45, 2.75) is 32.1 Å². The number of anilines is 2. The molecule has 0 saturated heterocycles. The summed E-state index contributed by atoms with van der Waals surface area (Å²) in [5, 5.41) is 10.3. The first-order chi connectivity index (χ1) is 14.1. The second-order valence-electron chi connectivity index (χ2n) is 7.62. The van der Waals surface area contributed by atoms with E-state index in [1.54, 1.807) is 17.9 Å². The van der Waals surface area contributed by atoms with E-state index in [1.807, 2.05) is 36.4 Å². The van der Waals surface area contributed by atoms with Crippen LogP contribution in [0.3, 0.4) is 0 Å². The smallest absolute Gasteiger partial charge is 0.255 e. The molecule has 1 saturated carbocycles. The lowest BCUT2D eigenvalue weighted by Crippen LogP contribution is -2.25. The average Bonchev–Trinajstić information content (AvgIpc) is 3.29. The molecule has 2 N–H and O–H groups in total. The van der Waals surface area contributed by atoms with Crippen LogP contribution in [-0.4, -0.2) is 33.5 Å². The number of aromatic nitrogens is 3. The van der Waals surface area contributed by atoms with Crippen LogP contribution in [0.1, 0.15) is 47.4 Å². The number of benzene rings is 2. The summed E-state index contributed by atoms with van der Waals surface area (Å²) >= 11 is 0. The molecule has 2 aromatic carbocycles. The van der Waals surface area contributed by atoms with Crippen molar-refractivity contribution in [3.8, 4) is 11.4 Å². The molecule has 146 valence electrons. The minimum atomic E-state index is -0.181. The van der Waals surface area contributed by atoms with Gasteiger partial charge in [-0.05, 0) is 55.2 Å². The highest BCUT2D eigenvalue weighted by Gasteiger charge is 2.27. The molecule has 3 aromatic rings. The zero-order valence-electron chi connectivity index (χ0n) is 16.1. The number of carbonyl (C=O) groups excluding carboxylic acids is 2. The number of fused-ring (bicyclic) bond motifs is 1. The third-order valence-electron chi connectivity index (χ3n) is 5.46. The summed E-state index contributed by atoms with van der Waals surface area (Å²) in [5.41, 5.74) is 4.05. The van der Waals surface area contributed by atoms with Gasteiger partial charge in [-0.2, -0.15) is 5.10 Å². The van der Waals surface area contributed by atoms with Crippen LogP contribution >= 0.6 is 0 Å². The second kappa shape index (κ2) is 6.84. The van der Waals surface area contributed by atoms with Crippen LogP contribution in [0.25, 0.3) is 11.4 Å². The molecule has 1 aliphatic carbocycles. The number of carbonyl (C=O) groups is 2. The maximum Gasteiger partial charge on any atom is 0.255 e. The van der Waals surface area contributed by atoms with Crippen LogP contribution in [0.15, 0.2) is 42.5 Å². The predicted octanol–water partition coefficient (Wildman–Crippen LogP) is 3.51. The molecule has 0 bridgehead atoms. The van der Waals surface area contributed by atoms with Gasteiger partial charge in [-0.1, -0.05) is 12.1 Å². The third kappa shape index (κ3) is 3.40. The van der Waals surface area contributed by atoms with Crippen LogP contribution in [0.2, 0.25) is 0 Å². The first-order valence-electron chi connectivity index (χ1n) is 9.83. The summed E-state index contributed by atoms with van der Waals surface area (Å²) in [7, 11) is 0. The van der Waals surface area contributed by atoms with Crippen LogP contribution in [-0.2, 0) is 11.2 Å². The number of hydrogen-bond acceptors (Lipinski definition) is 4. The largest absolute Gasteiger partial charge is 0.322 e. The highest BCUT2D eigenvalue weighted by atomic mass is 16.2.